The molecule has 12 heteroatoms. The summed E-state index contributed by atoms with van der Waals surface area (Å²) in [5.41, 5.74) is 1.20. The van der Waals surface area contributed by atoms with Gasteiger partial charge in [0.2, 0.25) is 0 Å². The molecule has 0 spiro atoms. The molecule has 0 unspecified atom stereocenters. The van der Waals surface area contributed by atoms with E-state index >= 15 is 0 Å². The van der Waals surface area contributed by atoms with Gasteiger partial charge in [-0.2, -0.15) is 0 Å². The lowest BCUT2D eigenvalue weighted by Gasteiger charge is -2.19. The van der Waals surface area contributed by atoms with Gasteiger partial charge in [-0.25, -0.2) is 0 Å². The number of benzene rings is 2. The van der Waals surface area contributed by atoms with Gasteiger partial charge in [-0.3, -0.25) is 4.98 Å². The Hall–Kier alpha value is 0.290. The van der Waals surface area contributed by atoms with Crippen LogP contribution in [0.2, 0.25) is 50.2 Å². The maximum atomic E-state index is 6.42. The molecular weight excluding hydrogens is 601 g/mol. The average molecular weight is 606 g/mol. The molecular formula is C18H5Cl10NO. The van der Waals surface area contributed by atoms with E-state index in [0.717, 1.165) is 0 Å². The van der Waals surface area contributed by atoms with E-state index < -0.39 is 0 Å². The molecule has 0 bridgehead atoms. The van der Waals surface area contributed by atoms with Crippen LogP contribution in [0.15, 0.2) is 12.4 Å². The highest BCUT2D eigenvalue weighted by Crippen LogP contribution is 2.54. The first kappa shape index (κ1) is 24.9. The minimum absolute atomic E-state index is 0.0162. The molecule has 0 radical (unpaired) electrons. The molecule has 3 aromatic rings. The van der Waals surface area contributed by atoms with Crippen molar-refractivity contribution in [3.05, 3.63) is 62.6 Å². The minimum atomic E-state index is 0.0162. The lowest BCUT2D eigenvalue weighted by molar-refractivity contribution is 0.417. The summed E-state index contributed by atoms with van der Waals surface area (Å²) in [4.78, 5) is 4.22. The predicted molar refractivity (Wildman–Crippen MR) is 132 cm³/mol. The Balaban J connectivity index is 2.44. The average Bonchev–Trinajstić information content (AvgIpc) is 2.74. The summed E-state index contributed by atoms with van der Waals surface area (Å²) < 4.78 is 5.61. The Morgan fingerprint density at radius 3 is 1.03 bits per heavy atom. The Morgan fingerprint density at radius 1 is 0.500 bits per heavy atom. The second-order valence-corrected chi connectivity index (χ2v) is 9.44. The van der Waals surface area contributed by atoms with Crippen LogP contribution in [-0.2, 0) is 0 Å². The first-order chi connectivity index (χ1) is 14.0. The van der Waals surface area contributed by atoms with Crippen molar-refractivity contribution in [3.8, 4) is 28.0 Å². The van der Waals surface area contributed by atoms with E-state index in [9.17, 15) is 0 Å². The quantitative estimate of drug-likeness (QED) is 0.219. The molecule has 0 saturated carbocycles. The smallest absolute Gasteiger partial charge is 0.137 e. The van der Waals surface area contributed by atoms with Crippen molar-refractivity contribution in [2.75, 3.05) is 7.11 Å². The van der Waals surface area contributed by atoms with Crippen molar-refractivity contribution in [2.24, 2.45) is 0 Å². The topological polar surface area (TPSA) is 22.1 Å². The second kappa shape index (κ2) is 9.65. The summed E-state index contributed by atoms with van der Waals surface area (Å²) in [5, 5.41) is 0.316. The van der Waals surface area contributed by atoms with Crippen LogP contribution in [0.25, 0.3) is 22.3 Å². The Labute approximate surface area is 221 Å². The van der Waals surface area contributed by atoms with Gasteiger partial charge in [0.25, 0.3) is 0 Å². The summed E-state index contributed by atoms with van der Waals surface area (Å²) >= 11 is 62.7. The number of aromatic nitrogens is 1. The molecule has 0 saturated heterocycles. The lowest BCUT2D eigenvalue weighted by Crippen LogP contribution is -1.97. The van der Waals surface area contributed by atoms with Gasteiger partial charge in [0, 0.05) is 34.6 Å². The number of hydrogen-bond donors (Lipinski definition) is 0. The molecule has 0 aliphatic heterocycles. The number of hydrogen-bond acceptors (Lipinski definition) is 2. The maximum Gasteiger partial charge on any atom is 0.137 e. The van der Waals surface area contributed by atoms with E-state index in [1.807, 2.05) is 0 Å². The molecule has 0 aliphatic rings. The van der Waals surface area contributed by atoms with Crippen LogP contribution in [0.1, 0.15) is 0 Å². The number of rotatable bonds is 3. The first-order valence-corrected chi connectivity index (χ1v) is 11.4. The molecule has 30 heavy (non-hydrogen) atoms. The van der Waals surface area contributed by atoms with Crippen LogP contribution >= 0.6 is 116 Å². The predicted octanol–water partition coefficient (Wildman–Crippen LogP) is 11.0. The van der Waals surface area contributed by atoms with E-state index in [-0.39, 0.29) is 67.1 Å². The minimum Gasteiger partial charge on any atom is -0.495 e. The summed E-state index contributed by atoms with van der Waals surface area (Å²) in [5.74, 6) is 0.251. The van der Waals surface area contributed by atoms with E-state index in [1.165, 1.54) is 19.5 Å². The van der Waals surface area contributed by atoms with Gasteiger partial charge in [-0.1, -0.05) is 116 Å². The lowest BCUT2D eigenvalue weighted by atomic mass is 9.99. The summed E-state index contributed by atoms with van der Waals surface area (Å²) in [6.45, 7) is 0. The van der Waals surface area contributed by atoms with E-state index in [2.05, 4.69) is 4.98 Å². The van der Waals surface area contributed by atoms with E-state index in [0.29, 0.717) is 11.1 Å². The third-order valence-electron chi connectivity index (χ3n) is 4.06. The van der Waals surface area contributed by atoms with Gasteiger partial charge in [-0.15, -0.1) is 0 Å². The van der Waals surface area contributed by atoms with Gasteiger partial charge >= 0.3 is 0 Å². The Bertz CT molecular complexity index is 1050. The van der Waals surface area contributed by atoms with E-state index in [1.54, 1.807) is 0 Å². The fourth-order valence-electron chi connectivity index (χ4n) is 2.71. The number of methoxy groups -OCH3 is 1. The molecule has 2 nitrogen and oxygen atoms in total. The highest BCUT2D eigenvalue weighted by Gasteiger charge is 2.27. The molecule has 3 rings (SSSR count). The molecule has 0 atom stereocenters. The summed E-state index contributed by atoms with van der Waals surface area (Å²) in [6.07, 6.45) is 2.91. The van der Waals surface area contributed by atoms with Crippen LogP contribution in [-0.4, -0.2) is 12.1 Å². The molecule has 158 valence electrons. The molecule has 0 fully saturated rings. The standard InChI is InChI=1S/C18H5Cl10NO/c1-30-18-4(6-8(19)12(23)16(27)13(24)9(6)20)2-29-3-5(18)7-10(21)14(25)17(28)15(26)11(7)22/h2-3H,1H3. The molecule has 2 aromatic carbocycles. The van der Waals surface area contributed by atoms with Crippen LogP contribution < -0.4 is 4.74 Å². The fraction of sp³-hybridized carbons (Fsp3) is 0.0556. The summed E-state index contributed by atoms with van der Waals surface area (Å²) in [6, 6.07) is 0. The van der Waals surface area contributed by atoms with Crippen LogP contribution in [0.4, 0.5) is 0 Å². The highest BCUT2D eigenvalue weighted by molar-refractivity contribution is 6.57. The first-order valence-electron chi connectivity index (χ1n) is 7.60. The van der Waals surface area contributed by atoms with Crippen molar-refractivity contribution in [3.63, 3.8) is 0 Å². The third kappa shape index (κ3) is 4.03. The van der Waals surface area contributed by atoms with Crippen LogP contribution in [0.5, 0.6) is 5.75 Å². The Kier molecular flexibility index (Phi) is 8.02. The zero-order valence-corrected chi connectivity index (χ0v) is 21.8. The van der Waals surface area contributed by atoms with Gasteiger partial charge in [-0.05, 0) is 0 Å². The monoisotopic (exact) mass is 601 g/mol. The number of halogens is 10. The highest BCUT2D eigenvalue weighted by atomic mass is 35.5. The van der Waals surface area contributed by atoms with Gasteiger partial charge in [0.05, 0.1) is 57.3 Å². The zero-order chi connectivity index (χ0) is 22.5. The van der Waals surface area contributed by atoms with Crippen molar-refractivity contribution in [2.45, 2.75) is 0 Å². The van der Waals surface area contributed by atoms with E-state index in [4.69, 9.17) is 121 Å². The van der Waals surface area contributed by atoms with Crippen LogP contribution in [0.3, 0.4) is 0 Å². The maximum absolute atomic E-state index is 6.42. The number of ether oxygens (including phenoxy) is 1. The molecule has 1 heterocycles. The summed E-state index contributed by atoms with van der Waals surface area (Å²) in [7, 11) is 1.42. The molecule has 0 N–H and O–H groups in total. The van der Waals surface area contributed by atoms with Gasteiger partial charge in [0.1, 0.15) is 5.75 Å². The Morgan fingerprint density at radius 2 is 0.767 bits per heavy atom. The number of pyridine rings is 1. The number of nitrogens with zero attached hydrogens (tertiary/aromatic N) is 1. The molecule has 0 aliphatic carbocycles. The second-order valence-electron chi connectivity index (χ2n) is 5.66. The van der Waals surface area contributed by atoms with Crippen molar-refractivity contribution < 1.29 is 4.74 Å². The fourth-order valence-corrected chi connectivity index (χ4v) is 5.39. The van der Waals surface area contributed by atoms with Crippen molar-refractivity contribution in [1.82, 2.24) is 4.98 Å². The van der Waals surface area contributed by atoms with Crippen LogP contribution in [0, 0.1) is 0 Å². The van der Waals surface area contributed by atoms with Crippen molar-refractivity contribution in [1.29, 1.82) is 0 Å². The normalized spacial score (nSPS) is 11.2. The molecule has 1 aromatic heterocycles. The molecule has 0 amide bonds. The largest absolute Gasteiger partial charge is 0.495 e. The van der Waals surface area contributed by atoms with Crippen molar-refractivity contribution >= 4 is 116 Å². The van der Waals surface area contributed by atoms with Gasteiger partial charge < -0.3 is 4.74 Å². The zero-order valence-electron chi connectivity index (χ0n) is 14.3. The third-order valence-corrected chi connectivity index (χ3v) is 8.61. The SMILES string of the molecule is COc1c(-c2c(Cl)c(Cl)c(Cl)c(Cl)c2Cl)cncc1-c1c(Cl)c(Cl)c(Cl)c(Cl)c1Cl. The van der Waals surface area contributed by atoms with Gasteiger partial charge in [0.15, 0.2) is 0 Å².